The first-order valence-corrected chi connectivity index (χ1v) is 6.60. The maximum atomic E-state index is 11.7. The van der Waals surface area contributed by atoms with Gasteiger partial charge in [-0.2, -0.15) is 0 Å². The zero-order valence-corrected chi connectivity index (χ0v) is 10.7. The number of nitrogens with two attached hydrogens (primary N) is 1. The second-order valence-corrected chi connectivity index (χ2v) is 5.04. The van der Waals surface area contributed by atoms with Crippen molar-refractivity contribution in [3.05, 3.63) is 42.1 Å². The summed E-state index contributed by atoms with van der Waals surface area (Å²) < 4.78 is 0. The maximum Gasteiger partial charge on any atom is 0.224 e. The molecule has 1 saturated heterocycles. The summed E-state index contributed by atoms with van der Waals surface area (Å²) in [7, 11) is 0. The number of fused-ring (bicyclic) bond motifs is 1. The zero-order chi connectivity index (χ0) is 13.2. The van der Waals surface area contributed by atoms with E-state index < -0.39 is 0 Å². The maximum absolute atomic E-state index is 11.7. The number of likely N-dealkylation sites (tertiary alicyclic amines) is 1. The average Bonchev–Trinajstić information content (AvgIpc) is 2.74. The minimum absolute atomic E-state index is 0.00156. The molecule has 2 aromatic rings. The van der Waals surface area contributed by atoms with Crippen molar-refractivity contribution >= 4 is 16.8 Å². The van der Waals surface area contributed by atoms with Crippen LogP contribution in [0.5, 0.6) is 0 Å². The van der Waals surface area contributed by atoms with Gasteiger partial charge in [-0.05, 0) is 24.1 Å². The summed E-state index contributed by atoms with van der Waals surface area (Å²) in [6, 6.07) is 10.1. The van der Waals surface area contributed by atoms with Gasteiger partial charge in [0, 0.05) is 37.1 Å². The molecule has 98 valence electrons. The van der Waals surface area contributed by atoms with Crippen molar-refractivity contribution in [3.63, 3.8) is 0 Å². The number of benzene rings is 1. The number of amides is 1. The van der Waals surface area contributed by atoms with Crippen LogP contribution < -0.4 is 5.73 Å². The molecule has 1 aromatic carbocycles. The van der Waals surface area contributed by atoms with Crippen molar-refractivity contribution < 1.29 is 4.79 Å². The Hall–Kier alpha value is -1.94. The Bertz CT molecular complexity index is 606. The van der Waals surface area contributed by atoms with Gasteiger partial charge in [0.05, 0.1) is 5.52 Å². The van der Waals surface area contributed by atoms with E-state index in [9.17, 15) is 4.79 Å². The van der Waals surface area contributed by atoms with Crippen LogP contribution in [0.2, 0.25) is 0 Å². The molecule has 1 aromatic heterocycles. The van der Waals surface area contributed by atoms with Gasteiger partial charge in [0.25, 0.3) is 0 Å². The van der Waals surface area contributed by atoms with Gasteiger partial charge in [0.2, 0.25) is 5.91 Å². The number of para-hydroxylation sites is 1. The fourth-order valence-corrected chi connectivity index (χ4v) is 2.65. The van der Waals surface area contributed by atoms with Crippen LogP contribution in [0, 0.1) is 0 Å². The fraction of sp³-hybridized carbons (Fsp3) is 0.333. The van der Waals surface area contributed by atoms with E-state index in [0.717, 1.165) is 18.5 Å². The Kier molecular flexibility index (Phi) is 3.17. The van der Waals surface area contributed by atoms with Crippen molar-refractivity contribution in [3.8, 4) is 0 Å². The highest BCUT2D eigenvalue weighted by molar-refractivity contribution is 5.82. The molecule has 4 heteroatoms. The minimum atomic E-state index is 0.00156. The predicted octanol–water partition coefficient (Wildman–Crippen LogP) is 1.34. The number of pyridine rings is 1. The molecule has 0 spiro atoms. The molecule has 1 aliphatic rings. The molecule has 1 fully saturated rings. The van der Waals surface area contributed by atoms with Crippen LogP contribution in [0.15, 0.2) is 36.5 Å². The van der Waals surface area contributed by atoms with Gasteiger partial charge in [-0.15, -0.1) is 0 Å². The smallest absolute Gasteiger partial charge is 0.224 e. The summed E-state index contributed by atoms with van der Waals surface area (Å²) in [5.74, 6) is 0.172. The third kappa shape index (κ3) is 2.44. The van der Waals surface area contributed by atoms with Crippen LogP contribution in [0.1, 0.15) is 12.0 Å². The van der Waals surface area contributed by atoms with E-state index in [1.165, 1.54) is 10.9 Å². The van der Waals surface area contributed by atoms with Crippen LogP contribution in [0.3, 0.4) is 0 Å². The lowest BCUT2D eigenvalue weighted by Crippen LogP contribution is -2.30. The number of hydrogen-bond acceptors (Lipinski definition) is 3. The molecule has 0 saturated carbocycles. The number of aromatic nitrogens is 1. The third-order valence-electron chi connectivity index (χ3n) is 3.63. The van der Waals surface area contributed by atoms with Crippen LogP contribution in [0.25, 0.3) is 10.9 Å². The van der Waals surface area contributed by atoms with Crippen molar-refractivity contribution in [1.82, 2.24) is 9.88 Å². The quantitative estimate of drug-likeness (QED) is 0.900. The Labute approximate surface area is 112 Å². The molecular weight excluding hydrogens is 238 g/mol. The second-order valence-electron chi connectivity index (χ2n) is 5.04. The van der Waals surface area contributed by atoms with Gasteiger partial charge >= 0.3 is 0 Å². The van der Waals surface area contributed by atoms with Crippen LogP contribution in [-0.2, 0) is 11.2 Å². The second kappa shape index (κ2) is 4.97. The Balaban J connectivity index is 1.77. The Morgan fingerprint density at radius 2 is 2.16 bits per heavy atom. The number of hydrogen-bond donors (Lipinski definition) is 1. The molecule has 0 bridgehead atoms. The molecule has 1 aliphatic heterocycles. The average molecular weight is 255 g/mol. The van der Waals surface area contributed by atoms with E-state index in [1.54, 1.807) is 0 Å². The summed E-state index contributed by atoms with van der Waals surface area (Å²) in [6.07, 6.45) is 3.16. The predicted molar refractivity (Wildman–Crippen MR) is 74.6 cm³/mol. The Morgan fingerprint density at radius 1 is 1.32 bits per heavy atom. The highest BCUT2D eigenvalue weighted by Gasteiger charge is 2.26. The molecular formula is C15H17N3O. The molecule has 1 amide bonds. The standard InChI is InChI=1S/C15H17N3O/c16-12-9-15(19)18(10-12)8-6-11-5-7-17-14-4-2-1-3-13(11)14/h1-5,7,12H,6,8-10,16H2. The van der Waals surface area contributed by atoms with Crippen molar-refractivity contribution in [2.75, 3.05) is 13.1 Å². The summed E-state index contributed by atoms with van der Waals surface area (Å²) in [4.78, 5) is 17.9. The summed E-state index contributed by atoms with van der Waals surface area (Å²) in [6.45, 7) is 1.42. The van der Waals surface area contributed by atoms with E-state index in [-0.39, 0.29) is 11.9 Å². The first-order chi connectivity index (χ1) is 9.24. The number of carbonyl (C=O) groups excluding carboxylic acids is 1. The van der Waals surface area contributed by atoms with Gasteiger partial charge in [-0.1, -0.05) is 18.2 Å². The molecule has 1 unspecified atom stereocenters. The fourth-order valence-electron chi connectivity index (χ4n) is 2.65. The lowest BCUT2D eigenvalue weighted by Gasteiger charge is -2.16. The first-order valence-electron chi connectivity index (χ1n) is 6.60. The number of carbonyl (C=O) groups is 1. The van der Waals surface area contributed by atoms with Gasteiger partial charge in [-0.3, -0.25) is 9.78 Å². The van der Waals surface area contributed by atoms with Gasteiger partial charge in [0.15, 0.2) is 0 Å². The Morgan fingerprint density at radius 3 is 2.95 bits per heavy atom. The molecule has 0 radical (unpaired) electrons. The van der Waals surface area contributed by atoms with E-state index in [4.69, 9.17) is 5.73 Å². The van der Waals surface area contributed by atoms with Crippen LogP contribution in [0.4, 0.5) is 0 Å². The summed E-state index contributed by atoms with van der Waals surface area (Å²) in [5, 5.41) is 1.17. The molecule has 2 N–H and O–H groups in total. The topological polar surface area (TPSA) is 59.2 Å². The SMILES string of the molecule is NC1CC(=O)N(CCc2ccnc3ccccc23)C1. The van der Waals surface area contributed by atoms with Crippen molar-refractivity contribution in [2.45, 2.75) is 18.9 Å². The number of nitrogens with zero attached hydrogens (tertiary/aromatic N) is 2. The monoisotopic (exact) mass is 255 g/mol. The van der Waals surface area contributed by atoms with Gasteiger partial charge in [0.1, 0.15) is 0 Å². The first kappa shape index (κ1) is 12.1. The van der Waals surface area contributed by atoms with Gasteiger partial charge in [-0.25, -0.2) is 0 Å². The minimum Gasteiger partial charge on any atom is -0.341 e. The number of rotatable bonds is 3. The summed E-state index contributed by atoms with van der Waals surface area (Å²) >= 11 is 0. The molecule has 0 aliphatic carbocycles. The highest BCUT2D eigenvalue weighted by atomic mass is 16.2. The highest BCUT2D eigenvalue weighted by Crippen LogP contribution is 2.18. The molecule has 4 nitrogen and oxygen atoms in total. The van der Waals surface area contributed by atoms with E-state index >= 15 is 0 Å². The lowest BCUT2D eigenvalue weighted by molar-refractivity contribution is -0.127. The lowest BCUT2D eigenvalue weighted by atomic mass is 10.1. The van der Waals surface area contributed by atoms with Crippen LogP contribution in [-0.4, -0.2) is 34.9 Å². The summed E-state index contributed by atoms with van der Waals surface area (Å²) in [5.41, 5.74) is 8.04. The van der Waals surface area contributed by atoms with Gasteiger partial charge < -0.3 is 10.6 Å². The zero-order valence-electron chi connectivity index (χ0n) is 10.7. The van der Waals surface area contributed by atoms with Crippen LogP contribution >= 0.6 is 0 Å². The molecule has 2 heterocycles. The third-order valence-corrected chi connectivity index (χ3v) is 3.63. The van der Waals surface area contributed by atoms with Crippen molar-refractivity contribution in [1.29, 1.82) is 0 Å². The molecule has 1 atom stereocenters. The van der Waals surface area contributed by atoms with E-state index in [1.807, 2.05) is 35.4 Å². The normalized spacial score (nSPS) is 19.3. The van der Waals surface area contributed by atoms with E-state index in [0.29, 0.717) is 13.0 Å². The van der Waals surface area contributed by atoms with Crippen molar-refractivity contribution in [2.24, 2.45) is 5.73 Å². The molecule has 3 rings (SSSR count). The molecule has 19 heavy (non-hydrogen) atoms. The largest absolute Gasteiger partial charge is 0.341 e. The van der Waals surface area contributed by atoms with E-state index in [2.05, 4.69) is 11.1 Å².